The first kappa shape index (κ1) is 14.5. The third-order valence-electron chi connectivity index (χ3n) is 2.18. The highest BCUT2D eigenvalue weighted by Crippen LogP contribution is 2.57. The molecule has 0 aliphatic carbocycles. The molecule has 17 heavy (non-hydrogen) atoms. The monoisotopic (exact) mass is 288 g/mol. The lowest BCUT2D eigenvalue weighted by atomic mass is 9.84. The van der Waals surface area contributed by atoms with Gasteiger partial charge in [0.15, 0.2) is 0 Å². The fraction of sp³-hybridized carbons (Fsp3) is 1.00. The van der Waals surface area contributed by atoms with Gasteiger partial charge in [-0.05, 0) is 13.8 Å². The summed E-state index contributed by atoms with van der Waals surface area (Å²) in [5, 5.41) is 0. The first-order valence-electron chi connectivity index (χ1n) is 3.96. The van der Waals surface area contributed by atoms with Gasteiger partial charge >= 0.3 is 28.4 Å². The molecule has 1 heterocycles. The van der Waals surface area contributed by atoms with Crippen molar-refractivity contribution in [2.24, 2.45) is 0 Å². The summed E-state index contributed by atoms with van der Waals surface area (Å²) in [6, 6.07) is 0. The maximum Gasteiger partial charge on any atom is 0.431 e. The van der Waals surface area contributed by atoms with Gasteiger partial charge < -0.3 is 0 Å². The lowest BCUT2D eigenvalue weighted by Gasteiger charge is -2.38. The molecule has 0 spiro atoms. The molecular formula is C6H6F6O4S. The summed E-state index contributed by atoms with van der Waals surface area (Å²) in [6.45, 7) is 0.664. The second kappa shape index (κ2) is 3.26. The van der Waals surface area contributed by atoms with E-state index in [0.29, 0.717) is 13.8 Å². The van der Waals surface area contributed by atoms with E-state index in [2.05, 4.69) is 8.37 Å². The minimum absolute atomic E-state index is 0.332. The minimum atomic E-state index is -6.00. The number of alkyl halides is 6. The molecule has 1 saturated heterocycles. The fourth-order valence-corrected chi connectivity index (χ4v) is 2.88. The maximum absolute atomic E-state index is 12.6. The molecule has 0 amide bonds. The van der Waals surface area contributed by atoms with Crippen molar-refractivity contribution in [3.8, 4) is 0 Å². The van der Waals surface area contributed by atoms with Crippen molar-refractivity contribution >= 4 is 10.4 Å². The van der Waals surface area contributed by atoms with E-state index in [1.165, 1.54) is 0 Å². The molecule has 0 aromatic rings. The van der Waals surface area contributed by atoms with Gasteiger partial charge in [0.2, 0.25) is 0 Å². The first-order valence-corrected chi connectivity index (χ1v) is 5.29. The van der Waals surface area contributed by atoms with E-state index in [-0.39, 0.29) is 0 Å². The minimum Gasteiger partial charge on any atom is -0.238 e. The van der Waals surface area contributed by atoms with E-state index in [4.69, 9.17) is 0 Å². The van der Waals surface area contributed by atoms with E-state index >= 15 is 0 Å². The predicted molar refractivity (Wildman–Crippen MR) is 40.0 cm³/mol. The van der Waals surface area contributed by atoms with Crippen LogP contribution in [0.2, 0.25) is 0 Å². The molecule has 0 bridgehead atoms. The highest BCUT2D eigenvalue weighted by atomic mass is 32.3. The lowest BCUT2D eigenvalue weighted by molar-refractivity contribution is -0.376. The van der Waals surface area contributed by atoms with Gasteiger partial charge in [0.25, 0.3) is 0 Å². The van der Waals surface area contributed by atoms with Crippen LogP contribution in [0.15, 0.2) is 0 Å². The molecule has 0 unspecified atom stereocenters. The van der Waals surface area contributed by atoms with Crippen LogP contribution >= 0.6 is 0 Å². The van der Waals surface area contributed by atoms with Crippen LogP contribution in [0.25, 0.3) is 0 Å². The van der Waals surface area contributed by atoms with Crippen molar-refractivity contribution in [1.29, 1.82) is 0 Å². The molecule has 1 fully saturated rings. The van der Waals surface area contributed by atoms with E-state index < -0.39 is 34.0 Å². The largest absolute Gasteiger partial charge is 0.431 e. The van der Waals surface area contributed by atoms with Gasteiger partial charge in [-0.3, -0.25) is 0 Å². The van der Waals surface area contributed by atoms with Crippen LogP contribution < -0.4 is 0 Å². The van der Waals surface area contributed by atoms with Crippen LogP contribution in [0.3, 0.4) is 0 Å². The van der Waals surface area contributed by atoms with Crippen LogP contribution in [0.5, 0.6) is 0 Å². The van der Waals surface area contributed by atoms with Gasteiger partial charge in [-0.15, -0.1) is 0 Å². The third-order valence-corrected chi connectivity index (χ3v) is 3.26. The molecule has 1 aliphatic rings. The van der Waals surface area contributed by atoms with Gasteiger partial charge in [-0.2, -0.15) is 34.8 Å². The van der Waals surface area contributed by atoms with E-state index in [0.717, 1.165) is 0 Å². The third kappa shape index (κ3) is 1.89. The van der Waals surface area contributed by atoms with Gasteiger partial charge in [-0.1, -0.05) is 0 Å². The second-order valence-corrected chi connectivity index (χ2v) is 4.91. The van der Waals surface area contributed by atoms with Crippen molar-refractivity contribution in [2.75, 3.05) is 0 Å². The highest BCUT2D eigenvalue weighted by molar-refractivity contribution is 7.82. The Morgan fingerprint density at radius 3 is 1.35 bits per heavy atom. The number of rotatable bonds is 0. The van der Waals surface area contributed by atoms with Gasteiger partial charge in [0.1, 0.15) is 5.60 Å². The van der Waals surface area contributed by atoms with Crippen molar-refractivity contribution < 1.29 is 43.1 Å². The summed E-state index contributed by atoms with van der Waals surface area (Å²) < 4.78 is 104. The van der Waals surface area contributed by atoms with Crippen LogP contribution in [-0.4, -0.2) is 32.0 Å². The number of halogens is 6. The Morgan fingerprint density at radius 1 is 0.882 bits per heavy atom. The molecule has 0 saturated carbocycles. The van der Waals surface area contributed by atoms with Crippen LogP contribution in [0, 0.1) is 0 Å². The summed E-state index contributed by atoms with van der Waals surface area (Å²) in [5.41, 5.74) is -8.06. The molecule has 1 aliphatic heterocycles. The van der Waals surface area contributed by atoms with Crippen molar-refractivity contribution in [1.82, 2.24) is 0 Å². The zero-order valence-electron chi connectivity index (χ0n) is 8.31. The maximum atomic E-state index is 12.6. The summed E-state index contributed by atoms with van der Waals surface area (Å²) >= 11 is 0. The Bertz CT molecular complexity index is 405. The molecule has 0 radical (unpaired) electrons. The van der Waals surface area contributed by atoms with Gasteiger partial charge in [-0.25, -0.2) is 8.37 Å². The molecule has 102 valence electrons. The average Bonchev–Trinajstić information content (AvgIpc) is 2.11. The molecule has 4 nitrogen and oxygen atoms in total. The van der Waals surface area contributed by atoms with Crippen molar-refractivity contribution in [2.45, 2.75) is 37.4 Å². The molecule has 0 aromatic heterocycles. The van der Waals surface area contributed by atoms with E-state index in [1.807, 2.05) is 0 Å². The fourth-order valence-electron chi connectivity index (χ4n) is 1.52. The molecule has 0 aromatic carbocycles. The molecule has 0 N–H and O–H groups in total. The Hall–Kier alpha value is -0.550. The SMILES string of the molecule is CC1(C)OS(=O)(=O)OC1(C(F)(F)F)C(F)(F)F. The molecular weight excluding hydrogens is 282 g/mol. The van der Waals surface area contributed by atoms with E-state index in [9.17, 15) is 34.8 Å². The van der Waals surface area contributed by atoms with Gasteiger partial charge in [0, 0.05) is 0 Å². The Labute approximate surface area is 91.8 Å². The lowest BCUT2D eigenvalue weighted by Crippen LogP contribution is -2.67. The summed E-state index contributed by atoms with van der Waals surface area (Å²) in [6.07, 6.45) is -12.0. The molecule has 11 heteroatoms. The number of hydrogen-bond acceptors (Lipinski definition) is 4. The topological polar surface area (TPSA) is 52.6 Å². The summed E-state index contributed by atoms with van der Waals surface area (Å²) in [7, 11) is -5.37. The van der Waals surface area contributed by atoms with Crippen LogP contribution in [0.1, 0.15) is 13.8 Å². The van der Waals surface area contributed by atoms with Crippen molar-refractivity contribution in [3.63, 3.8) is 0 Å². The van der Waals surface area contributed by atoms with E-state index in [1.54, 1.807) is 0 Å². The first-order chi connectivity index (χ1) is 7.16. The smallest absolute Gasteiger partial charge is 0.238 e. The predicted octanol–water partition coefficient (Wildman–Crippen LogP) is 1.92. The normalized spacial score (nSPS) is 27.1. The Balaban J connectivity index is 3.58. The second-order valence-electron chi connectivity index (χ2n) is 3.76. The van der Waals surface area contributed by atoms with Crippen molar-refractivity contribution in [3.05, 3.63) is 0 Å². The summed E-state index contributed by atoms with van der Waals surface area (Å²) in [4.78, 5) is 0. The molecule has 1 rings (SSSR count). The Morgan fingerprint density at radius 2 is 1.24 bits per heavy atom. The standard InChI is InChI=1S/C6H6F6O4S/c1-3(2)4(5(7,8)9,6(10,11)12)16-17(13,14)15-3/h1-2H3. The zero-order valence-corrected chi connectivity index (χ0v) is 9.13. The average molecular weight is 288 g/mol. The van der Waals surface area contributed by atoms with Crippen LogP contribution in [0.4, 0.5) is 26.3 Å². The quantitative estimate of drug-likeness (QED) is 0.639. The van der Waals surface area contributed by atoms with Crippen LogP contribution in [-0.2, 0) is 18.8 Å². The highest BCUT2D eigenvalue weighted by Gasteiger charge is 2.85. The zero-order chi connectivity index (χ0) is 13.9. The Kier molecular flexibility index (Phi) is 2.78. The molecule has 0 atom stereocenters. The number of hydrogen-bond donors (Lipinski definition) is 0. The summed E-state index contributed by atoms with van der Waals surface area (Å²) in [5.74, 6) is 0. The van der Waals surface area contributed by atoms with Gasteiger partial charge in [0.05, 0.1) is 0 Å².